The van der Waals surface area contributed by atoms with Crippen LogP contribution >= 0.6 is 0 Å². The molecule has 1 aromatic rings. The third kappa shape index (κ3) is 4.45. The van der Waals surface area contributed by atoms with Crippen molar-refractivity contribution in [1.82, 2.24) is 10.2 Å². The van der Waals surface area contributed by atoms with Crippen LogP contribution < -0.4 is 10.1 Å². The lowest BCUT2D eigenvalue weighted by atomic mass is 9.94. The molecular formula is C18H25FN2O3. The monoisotopic (exact) mass is 336 g/mol. The molecule has 0 saturated carbocycles. The van der Waals surface area contributed by atoms with E-state index in [1.165, 1.54) is 12.1 Å². The normalized spacial score (nSPS) is 21.1. The number of nitrogens with one attached hydrogen (secondary N) is 1. The third-order valence-corrected chi connectivity index (χ3v) is 4.68. The maximum atomic E-state index is 13.1. The van der Waals surface area contributed by atoms with Gasteiger partial charge in [-0.1, -0.05) is 6.07 Å². The van der Waals surface area contributed by atoms with Gasteiger partial charge in [-0.2, -0.15) is 0 Å². The molecule has 1 N–H and O–H groups in total. The largest absolute Gasteiger partial charge is 0.489 e. The van der Waals surface area contributed by atoms with E-state index in [1.54, 1.807) is 12.1 Å². The first kappa shape index (κ1) is 17.2. The van der Waals surface area contributed by atoms with Crippen molar-refractivity contribution in [2.24, 2.45) is 5.92 Å². The zero-order chi connectivity index (χ0) is 16.9. The van der Waals surface area contributed by atoms with Crippen molar-refractivity contribution < 1.29 is 18.7 Å². The number of carbonyl (C=O) groups is 1. The van der Waals surface area contributed by atoms with Crippen molar-refractivity contribution in [1.29, 1.82) is 0 Å². The van der Waals surface area contributed by atoms with Crippen LogP contribution in [0.4, 0.5) is 4.39 Å². The molecule has 132 valence electrons. The van der Waals surface area contributed by atoms with Crippen LogP contribution in [0.5, 0.6) is 5.75 Å². The molecule has 1 aromatic carbocycles. The topological polar surface area (TPSA) is 50.8 Å². The van der Waals surface area contributed by atoms with Crippen molar-refractivity contribution in [3.8, 4) is 5.75 Å². The zero-order valence-electron chi connectivity index (χ0n) is 14.0. The fourth-order valence-electron chi connectivity index (χ4n) is 3.23. The summed E-state index contributed by atoms with van der Waals surface area (Å²) in [7, 11) is 0. The van der Waals surface area contributed by atoms with Gasteiger partial charge in [0.25, 0.3) is 0 Å². The van der Waals surface area contributed by atoms with Gasteiger partial charge < -0.3 is 14.8 Å². The van der Waals surface area contributed by atoms with Gasteiger partial charge in [-0.3, -0.25) is 9.69 Å². The van der Waals surface area contributed by atoms with Gasteiger partial charge in [-0.25, -0.2) is 4.39 Å². The van der Waals surface area contributed by atoms with E-state index in [2.05, 4.69) is 10.2 Å². The minimum absolute atomic E-state index is 0.0641. The van der Waals surface area contributed by atoms with Crippen molar-refractivity contribution in [2.75, 3.05) is 32.8 Å². The Morgan fingerprint density at radius 2 is 2.17 bits per heavy atom. The molecule has 2 saturated heterocycles. The highest BCUT2D eigenvalue weighted by Crippen LogP contribution is 2.24. The highest BCUT2D eigenvalue weighted by Gasteiger charge is 2.37. The minimum atomic E-state index is -0.327. The maximum Gasteiger partial charge on any atom is 0.225 e. The van der Waals surface area contributed by atoms with Gasteiger partial charge in [-0.05, 0) is 31.9 Å². The summed E-state index contributed by atoms with van der Waals surface area (Å²) in [5.74, 6) is 0.291. The summed E-state index contributed by atoms with van der Waals surface area (Å²) in [4.78, 5) is 14.6. The van der Waals surface area contributed by atoms with Gasteiger partial charge >= 0.3 is 0 Å². The summed E-state index contributed by atoms with van der Waals surface area (Å²) in [6.07, 6.45) is 1.92. The van der Waals surface area contributed by atoms with Crippen LogP contribution in [0.2, 0.25) is 0 Å². The Balaban J connectivity index is 1.35. The average Bonchev–Trinajstić information content (AvgIpc) is 2.52. The molecule has 1 amide bonds. The van der Waals surface area contributed by atoms with E-state index in [9.17, 15) is 9.18 Å². The quantitative estimate of drug-likeness (QED) is 0.861. The van der Waals surface area contributed by atoms with E-state index in [0.29, 0.717) is 18.3 Å². The Kier molecular flexibility index (Phi) is 5.68. The Morgan fingerprint density at radius 3 is 2.88 bits per heavy atom. The number of hydrogen-bond donors (Lipinski definition) is 1. The SMILES string of the molecule is CC(CNC(=O)C1CN(C2CCOCC2)C1)Oc1cccc(F)c1. The smallest absolute Gasteiger partial charge is 0.225 e. The van der Waals surface area contributed by atoms with E-state index >= 15 is 0 Å². The van der Waals surface area contributed by atoms with Crippen LogP contribution in [0.3, 0.4) is 0 Å². The van der Waals surface area contributed by atoms with E-state index in [-0.39, 0.29) is 23.7 Å². The molecule has 2 aliphatic heterocycles. The summed E-state index contributed by atoms with van der Waals surface area (Å²) in [5, 5.41) is 2.93. The summed E-state index contributed by atoms with van der Waals surface area (Å²) < 4.78 is 24.1. The number of rotatable bonds is 6. The number of hydrogen-bond acceptors (Lipinski definition) is 4. The second-order valence-electron chi connectivity index (χ2n) is 6.63. The van der Waals surface area contributed by atoms with E-state index < -0.39 is 0 Å². The number of carbonyl (C=O) groups excluding carboxylic acids is 1. The first-order valence-corrected chi connectivity index (χ1v) is 8.63. The van der Waals surface area contributed by atoms with Gasteiger partial charge in [0, 0.05) is 38.4 Å². The predicted molar refractivity (Wildman–Crippen MR) is 88.4 cm³/mol. The molecule has 0 spiro atoms. The molecule has 0 aliphatic carbocycles. The Hall–Kier alpha value is -1.66. The molecule has 3 rings (SSSR count). The fourth-order valence-corrected chi connectivity index (χ4v) is 3.23. The molecule has 1 atom stereocenters. The molecule has 0 radical (unpaired) electrons. The Bertz CT molecular complexity index is 557. The maximum absolute atomic E-state index is 13.1. The highest BCUT2D eigenvalue weighted by molar-refractivity contribution is 5.80. The second-order valence-corrected chi connectivity index (χ2v) is 6.63. The number of likely N-dealkylation sites (tertiary alicyclic amines) is 1. The Morgan fingerprint density at radius 1 is 1.42 bits per heavy atom. The third-order valence-electron chi connectivity index (χ3n) is 4.68. The van der Waals surface area contributed by atoms with Crippen LogP contribution in [0.1, 0.15) is 19.8 Å². The lowest BCUT2D eigenvalue weighted by Crippen LogP contribution is -2.58. The highest BCUT2D eigenvalue weighted by atomic mass is 19.1. The molecular weight excluding hydrogens is 311 g/mol. The van der Waals surface area contributed by atoms with E-state index in [1.807, 2.05) is 6.92 Å². The minimum Gasteiger partial charge on any atom is -0.489 e. The van der Waals surface area contributed by atoms with Crippen LogP contribution in [0.15, 0.2) is 24.3 Å². The van der Waals surface area contributed by atoms with Gasteiger partial charge in [0.05, 0.1) is 12.5 Å². The molecule has 6 heteroatoms. The van der Waals surface area contributed by atoms with Crippen molar-refractivity contribution >= 4 is 5.91 Å². The molecule has 2 fully saturated rings. The first-order valence-electron chi connectivity index (χ1n) is 8.63. The molecule has 2 aliphatic rings. The summed E-state index contributed by atoms with van der Waals surface area (Å²) in [5.41, 5.74) is 0. The number of benzene rings is 1. The molecule has 0 bridgehead atoms. The first-order chi connectivity index (χ1) is 11.6. The lowest BCUT2D eigenvalue weighted by molar-refractivity contribution is -0.132. The standard InChI is InChI=1S/C18H25FN2O3/c1-13(24-17-4-2-3-15(19)9-17)10-20-18(22)14-11-21(12-14)16-5-7-23-8-6-16/h2-4,9,13-14,16H,5-8,10-12H2,1H3,(H,20,22). The van der Waals surface area contributed by atoms with Gasteiger partial charge in [0.15, 0.2) is 0 Å². The molecule has 1 unspecified atom stereocenters. The van der Waals surface area contributed by atoms with E-state index in [0.717, 1.165) is 39.1 Å². The van der Waals surface area contributed by atoms with Crippen LogP contribution in [0, 0.1) is 11.7 Å². The number of amides is 1. The lowest BCUT2D eigenvalue weighted by Gasteiger charge is -2.44. The van der Waals surface area contributed by atoms with Gasteiger partial charge in [0.2, 0.25) is 5.91 Å². The zero-order valence-corrected chi connectivity index (χ0v) is 14.0. The van der Waals surface area contributed by atoms with Crippen LogP contribution in [0.25, 0.3) is 0 Å². The van der Waals surface area contributed by atoms with Crippen molar-refractivity contribution in [3.63, 3.8) is 0 Å². The predicted octanol–water partition coefficient (Wildman–Crippen LogP) is 1.82. The molecule has 5 nitrogen and oxygen atoms in total. The number of halogens is 1. The van der Waals surface area contributed by atoms with E-state index in [4.69, 9.17) is 9.47 Å². The van der Waals surface area contributed by atoms with Crippen molar-refractivity contribution in [2.45, 2.75) is 31.9 Å². The van der Waals surface area contributed by atoms with Crippen LogP contribution in [-0.2, 0) is 9.53 Å². The molecule has 2 heterocycles. The Labute approximate surface area is 142 Å². The van der Waals surface area contributed by atoms with Crippen LogP contribution in [-0.4, -0.2) is 55.8 Å². The van der Waals surface area contributed by atoms with Crippen molar-refractivity contribution in [3.05, 3.63) is 30.1 Å². The summed E-state index contributed by atoms with van der Waals surface area (Å²) in [6, 6.07) is 6.60. The number of ether oxygens (including phenoxy) is 2. The van der Waals surface area contributed by atoms with Gasteiger partial charge in [-0.15, -0.1) is 0 Å². The van der Waals surface area contributed by atoms with Gasteiger partial charge in [0.1, 0.15) is 17.7 Å². The second kappa shape index (κ2) is 7.94. The molecule has 0 aromatic heterocycles. The average molecular weight is 336 g/mol. The summed E-state index contributed by atoms with van der Waals surface area (Å²) >= 11 is 0. The fraction of sp³-hybridized carbons (Fsp3) is 0.611. The number of nitrogens with zero attached hydrogens (tertiary/aromatic N) is 1. The summed E-state index contributed by atoms with van der Waals surface area (Å²) in [6.45, 7) is 5.59. The molecule has 24 heavy (non-hydrogen) atoms.